The predicted molar refractivity (Wildman–Crippen MR) is 87.4 cm³/mol. The van der Waals surface area contributed by atoms with E-state index < -0.39 is 11.6 Å². The Bertz CT molecular complexity index is 778. The number of hydrogen-bond acceptors (Lipinski definition) is 4. The Morgan fingerprint density at radius 2 is 1.92 bits per heavy atom. The molecule has 1 N–H and O–H groups in total. The Hall–Kier alpha value is -2.57. The highest BCUT2D eigenvalue weighted by Gasteiger charge is 2.31. The number of amides is 1. The zero-order valence-electron chi connectivity index (χ0n) is 14.1. The van der Waals surface area contributed by atoms with E-state index in [4.69, 9.17) is 4.74 Å². The predicted octanol–water partition coefficient (Wildman–Crippen LogP) is 3.10. The van der Waals surface area contributed by atoms with Gasteiger partial charge in [0.05, 0.1) is 17.3 Å². The molecule has 0 radical (unpaired) electrons. The van der Waals surface area contributed by atoms with Crippen molar-refractivity contribution >= 4 is 5.91 Å². The minimum Gasteiger partial charge on any atom is -0.488 e. The fourth-order valence-electron chi connectivity index (χ4n) is 3.06. The quantitative estimate of drug-likeness (QED) is 0.923. The van der Waals surface area contributed by atoms with Gasteiger partial charge in [0.1, 0.15) is 29.3 Å². The molecule has 2 atom stereocenters. The van der Waals surface area contributed by atoms with Crippen LogP contribution < -0.4 is 10.1 Å². The van der Waals surface area contributed by atoms with E-state index >= 15 is 0 Å². The summed E-state index contributed by atoms with van der Waals surface area (Å²) >= 11 is 0. The highest BCUT2D eigenvalue weighted by atomic mass is 19.1. The number of aryl methyl sites for hydroxylation is 2. The Labute approximate surface area is 144 Å². The molecule has 132 valence electrons. The third-order valence-corrected chi connectivity index (χ3v) is 4.24. The number of hydrogen-bond donors (Lipinski definition) is 1. The van der Waals surface area contributed by atoms with Crippen LogP contribution in [0.5, 0.6) is 5.75 Å². The number of carbonyl (C=O) groups excluding carboxylic acids is 1. The molecule has 0 spiro atoms. The van der Waals surface area contributed by atoms with Gasteiger partial charge >= 0.3 is 0 Å². The minimum atomic E-state index is -0.694. The van der Waals surface area contributed by atoms with E-state index in [1.807, 2.05) is 0 Å². The Kier molecular flexibility index (Phi) is 4.92. The summed E-state index contributed by atoms with van der Waals surface area (Å²) in [6.07, 6.45) is 3.46. The molecule has 25 heavy (non-hydrogen) atoms. The molecular formula is C18H19F2N3O2. The summed E-state index contributed by atoms with van der Waals surface area (Å²) in [6, 6.07) is 2.83. The molecule has 1 heterocycles. The first-order valence-corrected chi connectivity index (χ1v) is 8.16. The van der Waals surface area contributed by atoms with Gasteiger partial charge in [-0.3, -0.25) is 4.79 Å². The smallest absolute Gasteiger partial charge is 0.255 e. The van der Waals surface area contributed by atoms with Crippen molar-refractivity contribution in [2.24, 2.45) is 0 Å². The molecule has 7 heteroatoms. The minimum absolute atomic E-state index is 0.124. The van der Waals surface area contributed by atoms with Gasteiger partial charge in [-0.05, 0) is 33.1 Å². The topological polar surface area (TPSA) is 64.1 Å². The third-order valence-electron chi connectivity index (χ3n) is 4.24. The van der Waals surface area contributed by atoms with Crippen LogP contribution in [0.25, 0.3) is 0 Å². The van der Waals surface area contributed by atoms with E-state index in [9.17, 15) is 13.6 Å². The van der Waals surface area contributed by atoms with Gasteiger partial charge in [0, 0.05) is 24.4 Å². The summed E-state index contributed by atoms with van der Waals surface area (Å²) in [5.74, 6) is -0.937. The van der Waals surface area contributed by atoms with Crippen molar-refractivity contribution in [3.05, 3.63) is 53.1 Å². The van der Waals surface area contributed by atoms with Gasteiger partial charge in [-0.1, -0.05) is 0 Å². The number of benzene rings is 1. The van der Waals surface area contributed by atoms with Crippen LogP contribution in [0.1, 0.15) is 41.1 Å². The number of carbonyl (C=O) groups is 1. The SMILES string of the molecule is Cc1ncc(C(=O)N[C@H]2CCC[C@H]2Oc2cc(F)cc(F)c2)c(C)n1. The lowest BCUT2D eigenvalue weighted by Crippen LogP contribution is -2.42. The number of rotatable bonds is 4. The van der Waals surface area contributed by atoms with Crippen molar-refractivity contribution in [2.45, 2.75) is 45.3 Å². The van der Waals surface area contributed by atoms with Gasteiger partial charge < -0.3 is 10.1 Å². The van der Waals surface area contributed by atoms with Crippen LogP contribution in [0.4, 0.5) is 8.78 Å². The van der Waals surface area contributed by atoms with E-state index in [-0.39, 0.29) is 23.8 Å². The van der Waals surface area contributed by atoms with E-state index in [1.165, 1.54) is 6.20 Å². The molecule has 0 saturated heterocycles. The van der Waals surface area contributed by atoms with Crippen LogP contribution in [0, 0.1) is 25.5 Å². The second kappa shape index (κ2) is 7.13. The molecule has 1 amide bonds. The molecule has 0 bridgehead atoms. The Balaban J connectivity index is 1.70. The average molecular weight is 347 g/mol. The first kappa shape index (κ1) is 17.3. The molecule has 0 aliphatic heterocycles. The summed E-state index contributed by atoms with van der Waals surface area (Å²) in [5, 5.41) is 2.92. The molecule has 3 rings (SSSR count). The van der Waals surface area contributed by atoms with Gasteiger partial charge in [0.15, 0.2) is 0 Å². The summed E-state index contributed by atoms with van der Waals surface area (Å²) in [5.41, 5.74) is 1.01. The zero-order valence-corrected chi connectivity index (χ0v) is 14.1. The van der Waals surface area contributed by atoms with Crippen LogP contribution in [0.3, 0.4) is 0 Å². The number of nitrogens with zero attached hydrogens (tertiary/aromatic N) is 2. The van der Waals surface area contributed by atoms with Gasteiger partial charge in [0.25, 0.3) is 5.91 Å². The molecule has 1 aromatic heterocycles. The van der Waals surface area contributed by atoms with Crippen molar-refractivity contribution in [3.8, 4) is 5.75 Å². The van der Waals surface area contributed by atoms with Crippen LogP contribution in [-0.2, 0) is 0 Å². The number of nitrogens with one attached hydrogen (secondary N) is 1. The Morgan fingerprint density at radius 3 is 2.60 bits per heavy atom. The number of aromatic nitrogens is 2. The van der Waals surface area contributed by atoms with Crippen LogP contribution in [-0.4, -0.2) is 28.0 Å². The first-order chi connectivity index (χ1) is 11.9. The van der Waals surface area contributed by atoms with Crippen molar-refractivity contribution < 1.29 is 18.3 Å². The molecule has 1 aliphatic carbocycles. The lowest BCUT2D eigenvalue weighted by molar-refractivity contribution is 0.0892. The summed E-state index contributed by atoms with van der Waals surface area (Å²) in [4.78, 5) is 20.7. The number of ether oxygens (including phenoxy) is 1. The van der Waals surface area contributed by atoms with Crippen molar-refractivity contribution in [1.29, 1.82) is 0 Å². The van der Waals surface area contributed by atoms with E-state index in [0.29, 0.717) is 23.5 Å². The van der Waals surface area contributed by atoms with E-state index in [2.05, 4.69) is 15.3 Å². The third kappa shape index (κ3) is 4.10. The molecule has 2 aromatic rings. The van der Waals surface area contributed by atoms with Gasteiger partial charge in [-0.25, -0.2) is 18.7 Å². The molecule has 1 saturated carbocycles. The highest BCUT2D eigenvalue weighted by molar-refractivity contribution is 5.95. The standard InChI is InChI=1S/C18H19F2N3O2/c1-10-15(9-21-11(2)22-10)18(24)23-16-4-3-5-17(16)25-14-7-12(19)6-13(20)8-14/h6-9,16-17H,3-5H2,1-2H3,(H,23,24)/t16-,17+/m0/s1. The largest absolute Gasteiger partial charge is 0.488 e. The van der Waals surface area contributed by atoms with Gasteiger partial charge in [-0.15, -0.1) is 0 Å². The lowest BCUT2D eigenvalue weighted by atomic mass is 10.1. The van der Waals surface area contributed by atoms with E-state index in [0.717, 1.165) is 31.0 Å². The normalized spacial score (nSPS) is 19.7. The summed E-state index contributed by atoms with van der Waals surface area (Å²) < 4.78 is 32.3. The van der Waals surface area contributed by atoms with Gasteiger partial charge in [0.2, 0.25) is 0 Å². The van der Waals surface area contributed by atoms with E-state index in [1.54, 1.807) is 13.8 Å². The molecule has 0 unspecified atom stereocenters. The fraction of sp³-hybridized carbons (Fsp3) is 0.389. The second-order valence-corrected chi connectivity index (χ2v) is 6.19. The van der Waals surface area contributed by atoms with Crippen molar-refractivity contribution in [2.75, 3.05) is 0 Å². The first-order valence-electron chi connectivity index (χ1n) is 8.16. The highest BCUT2D eigenvalue weighted by Crippen LogP contribution is 2.26. The zero-order chi connectivity index (χ0) is 18.0. The maximum Gasteiger partial charge on any atom is 0.255 e. The maximum atomic E-state index is 13.3. The lowest BCUT2D eigenvalue weighted by Gasteiger charge is -2.22. The maximum absolute atomic E-state index is 13.3. The molecule has 5 nitrogen and oxygen atoms in total. The Morgan fingerprint density at radius 1 is 1.20 bits per heavy atom. The van der Waals surface area contributed by atoms with Crippen molar-refractivity contribution in [3.63, 3.8) is 0 Å². The van der Waals surface area contributed by atoms with Crippen LogP contribution in [0.15, 0.2) is 24.4 Å². The fourth-order valence-corrected chi connectivity index (χ4v) is 3.06. The molecule has 1 fully saturated rings. The second-order valence-electron chi connectivity index (χ2n) is 6.19. The molecular weight excluding hydrogens is 328 g/mol. The van der Waals surface area contributed by atoms with Crippen LogP contribution in [0.2, 0.25) is 0 Å². The summed E-state index contributed by atoms with van der Waals surface area (Å²) in [7, 11) is 0. The summed E-state index contributed by atoms with van der Waals surface area (Å²) in [6.45, 7) is 3.51. The van der Waals surface area contributed by atoms with Crippen LogP contribution >= 0.6 is 0 Å². The monoisotopic (exact) mass is 347 g/mol. The molecule has 1 aromatic carbocycles. The van der Waals surface area contributed by atoms with Gasteiger partial charge in [-0.2, -0.15) is 0 Å². The number of halogens is 2. The average Bonchev–Trinajstić information content (AvgIpc) is 2.93. The molecule has 1 aliphatic rings. The van der Waals surface area contributed by atoms with Crippen molar-refractivity contribution in [1.82, 2.24) is 15.3 Å².